The molecule has 2 atom stereocenters. The number of methoxy groups -OCH3 is 3. The van der Waals surface area contributed by atoms with E-state index in [0.717, 1.165) is 34.6 Å². The number of hydrogen-bond donors (Lipinski definition) is 2. The minimum absolute atomic E-state index is 0.127. The first kappa shape index (κ1) is 21.9. The fourth-order valence-electron chi connectivity index (χ4n) is 4.97. The normalized spacial score (nSPS) is 19.2. The number of nitrogens with one attached hydrogen (secondary N) is 2. The summed E-state index contributed by atoms with van der Waals surface area (Å²) in [5, 5.41) is 7.19. The molecule has 0 amide bonds. The highest BCUT2D eigenvalue weighted by atomic mass is 16.5. The lowest BCUT2D eigenvalue weighted by Crippen LogP contribution is -2.27. The van der Waals surface area contributed by atoms with Gasteiger partial charge in [-0.15, -0.1) is 0 Å². The summed E-state index contributed by atoms with van der Waals surface area (Å²) in [6.07, 6.45) is 1.21. The van der Waals surface area contributed by atoms with E-state index in [1.54, 1.807) is 21.3 Å². The lowest BCUT2D eigenvalue weighted by atomic mass is 9.78. The van der Waals surface area contributed by atoms with Crippen LogP contribution in [0, 0.1) is 0 Å². The number of anilines is 2. The van der Waals surface area contributed by atoms with E-state index in [1.807, 2.05) is 54.6 Å². The van der Waals surface area contributed by atoms with E-state index >= 15 is 0 Å². The van der Waals surface area contributed by atoms with Gasteiger partial charge in [-0.25, -0.2) is 0 Å². The Hall–Kier alpha value is -3.93. The monoisotopic (exact) mass is 456 g/mol. The van der Waals surface area contributed by atoms with Gasteiger partial charge < -0.3 is 24.8 Å². The predicted octanol–water partition coefficient (Wildman–Crippen LogP) is 5.69. The molecule has 0 aromatic heterocycles. The molecule has 3 aromatic rings. The van der Waals surface area contributed by atoms with Crippen LogP contribution in [-0.4, -0.2) is 27.1 Å². The largest absolute Gasteiger partial charge is 0.493 e. The topological polar surface area (TPSA) is 68.8 Å². The van der Waals surface area contributed by atoms with Crippen LogP contribution in [-0.2, 0) is 4.79 Å². The summed E-state index contributed by atoms with van der Waals surface area (Å²) in [6, 6.07) is 21.7. The SMILES string of the molecule is COc1cc([C@H]2Nc3ccccc3NC3=C2C(=O)C[C@@H](c2ccccc2)C3)cc(OC)c1OC. The second kappa shape index (κ2) is 9.14. The lowest BCUT2D eigenvalue weighted by molar-refractivity contribution is -0.116. The first-order valence-electron chi connectivity index (χ1n) is 11.4. The number of rotatable bonds is 5. The molecule has 2 aliphatic rings. The number of ketones is 1. The van der Waals surface area contributed by atoms with Crippen LogP contribution in [0.4, 0.5) is 11.4 Å². The molecule has 0 fully saturated rings. The quantitative estimate of drug-likeness (QED) is 0.514. The molecule has 1 heterocycles. The molecule has 0 saturated heterocycles. The fourth-order valence-corrected chi connectivity index (χ4v) is 4.97. The highest BCUT2D eigenvalue weighted by Crippen LogP contribution is 2.47. The van der Waals surface area contributed by atoms with Crippen LogP contribution in [0.5, 0.6) is 17.2 Å². The van der Waals surface area contributed by atoms with Crippen molar-refractivity contribution in [1.29, 1.82) is 0 Å². The molecule has 1 aliphatic carbocycles. The fraction of sp³-hybridized carbons (Fsp3) is 0.250. The van der Waals surface area contributed by atoms with Gasteiger partial charge in [0.25, 0.3) is 0 Å². The smallest absolute Gasteiger partial charge is 0.203 e. The summed E-state index contributed by atoms with van der Waals surface area (Å²) in [6.45, 7) is 0. The number of benzene rings is 3. The van der Waals surface area contributed by atoms with Crippen LogP contribution in [0.3, 0.4) is 0 Å². The maximum atomic E-state index is 13.7. The number of carbonyl (C=O) groups is 1. The third-order valence-corrected chi connectivity index (χ3v) is 6.60. The molecular weight excluding hydrogens is 428 g/mol. The van der Waals surface area contributed by atoms with Gasteiger partial charge in [0.2, 0.25) is 5.75 Å². The Morgan fingerprint density at radius 1 is 0.765 bits per heavy atom. The van der Waals surface area contributed by atoms with Gasteiger partial charge in [0.1, 0.15) is 0 Å². The van der Waals surface area contributed by atoms with E-state index in [4.69, 9.17) is 14.2 Å². The second-order valence-electron chi connectivity index (χ2n) is 8.54. The molecule has 5 rings (SSSR count). The third-order valence-electron chi connectivity index (χ3n) is 6.60. The summed E-state index contributed by atoms with van der Waals surface area (Å²) in [4.78, 5) is 13.7. The van der Waals surface area contributed by atoms with Gasteiger partial charge in [-0.2, -0.15) is 0 Å². The van der Waals surface area contributed by atoms with Crippen molar-refractivity contribution in [3.05, 3.63) is 89.1 Å². The van der Waals surface area contributed by atoms with Crippen molar-refractivity contribution in [3.63, 3.8) is 0 Å². The van der Waals surface area contributed by atoms with E-state index in [0.29, 0.717) is 23.7 Å². The maximum Gasteiger partial charge on any atom is 0.203 e. The van der Waals surface area contributed by atoms with Gasteiger partial charge in [-0.1, -0.05) is 42.5 Å². The van der Waals surface area contributed by atoms with E-state index in [-0.39, 0.29) is 17.7 Å². The number of hydrogen-bond acceptors (Lipinski definition) is 6. The van der Waals surface area contributed by atoms with Crippen LogP contribution in [0.2, 0.25) is 0 Å². The van der Waals surface area contributed by atoms with Crippen LogP contribution in [0.15, 0.2) is 78.0 Å². The molecule has 34 heavy (non-hydrogen) atoms. The van der Waals surface area contributed by atoms with Gasteiger partial charge in [-0.05, 0) is 47.7 Å². The predicted molar refractivity (Wildman–Crippen MR) is 133 cm³/mol. The average Bonchev–Trinajstić information content (AvgIpc) is 3.05. The van der Waals surface area contributed by atoms with Gasteiger partial charge in [0.15, 0.2) is 17.3 Å². The van der Waals surface area contributed by atoms with Crippen LogP contribution < -0.4 is 24.8 Å². The first-order chi connectivity index (χ1) is 16.6. The van der Waals surface area contributed by atoms with Crippen molar-refractivity contribution in [3.8, 4) is 17.2 Å². The molecule has 0 saturated carbocycles. The molecule has 174 valence electrons. The van der Waals surface area contributed by atoms with E-state index in [9.17, 15) is 4.79 Å². The Balaban J connectivity index is 1.65. The molecule has 0 radical (unpaired) electrons. The molecule has 0 bridgehead atoms. The number of ether oxygens (including phenoxy) is 3. The van der Waals surface area contributed by atoms with Gasteiger partial charge in [0.05, 0.1) is 38.7 Å². The summed E-state index contributed by atoms with van der Waals surface area (Å²) >= 11 is 0. The Labute approximate surface area is 199 Å². The standard InChI is InChI=1S/C28H28N2O4/c1-32-24-15-19(16-25(33-2)28(24)34-3)27-26-22(29-20-11-7-8-12-21(20)30-27)13-18(14-23(26)31)17-9-5-4-6-10-17/h4-12,15-16,18,27,29-30H,13-14H2,1-3H3/t18-,27+/m0/s1. The highest BCUT2D eigenvalue weighted by Gasteiger charge is 2.36. The van der Waals surface area contributed by atoms with Crippen molar-refractivity contribution >= 4 is 17.2 Å². The Morgan fingerprint density at radius 3 is 2.06 bits per heavy atom. The molecule has 0 spiro atoms. The summed E-state index contributed by atoms with van der Waals surface area (Å²) in [5.41, 5.74) is 5.62. The maximum absolute atomic E-state index is 13.7. The Bertz CT molecular complexity index is 1230. The molecule has 2 N–H and O–H groups in total. The zero-order chi connectivity index (χ0) is 23.7. The Kier molecular flexibility index (Phi) is 5.88. The van der Waals surface area contributed by atoms with Crippen LogP contribution >= 0.6 is 0 Å². The minimum atomic E-state index is -0.371. The van der Waals surface area contributed by atoms with Crippen molar-refractivity contribution in [2.45, 2.75) is 24.8 Å². The van der Waals surface area contributed by atoms with E-state index in [2.05, 4.69) is 22.8 Å². The van der Waals surface area contributed by atoms with Gasteiger partial charge in [0, 0.05) is 17.7 Å². The van der Waals surface area contributed by atoms with Crippen molar-refractivity contribution in [1.82, 2.24) is 0 Å². The van der Waals surface area contributed by atoms with Gasteiger partial charge >= 0.3 is 0 Å². The molecule has 6 heteroatoms. The number of fused-ring (bicyclic) bond motifs is 1. The summed E-state index contributed by atoms with van der Waals surface area (Å²) < 4.78 is 16.7. The molecular formula is C28H28N2O4. The molecule has 1 aliphatic heterocycles. The third kappa shape index (κ3) is 3.85. The number of allylic oxidation sites excluding steroid dienone is 1. The van der Waals surface area contributed by atoms with E-state index < -0.39 is 0 Å². The van der Waals surface area contributed by atoms with Crippen LogP contribution in [0.25, 0.3) is 0 Å². The molecule has 0 unspecified atom stereocenters. The second-order valence-corrected chi connectivity index (χ2v) is 8.54. The minimum Gasteiger partial charge on any atom is -0.493 e. The van der Waals surface area contributed by atoms with Crippen molar-refractivity contribution in [2.75, 3.05) is 32.0 Å². The number of Topliss-reactive ketones (excluding diaryl/α,β-unsaturated/α-hetero) is 1. The lowest BCUT2D eigenvalue weighted by Gasteiger charge is -2.30. The van der Waals surface area contributed by atoms with E-state index in [1.165, 1.54) is 5.56 Å². The van der Waals surface area contributed by atoms with Crippen molar-refractivity contribution in [2.24, 2.45) is 0 Å². The first-order valence-corrected chi connectivity index (χ1v) is 11.4. The van der Waals surface area contributed by atoms with Gasteiger partial charge in [-0.3, -0.25) is 4.79 Å². The zero-order valence-electron chi connectivity index (χ0n) is 19.6. The number of carbonyl (C=O) groups excluding carboxylic acids is 1. The highest BCUT2D eigenvalue weighted by molar-refractivity contribution is 6.01. The summed E-state index contributed by atoms with van der Waals surface area (Å²) in [5.74, 6) is 1.88. The average molecular weight is 457 g/mol. The number of para-hydroxylation sites is 2. The van der Waals surface area contributed by atoms with Crippen LogP contribution in [0.1, 0.15) is 35.9 Å². The summed E-state index contributed by atoms with van der Waals surface area (Å²) in [7, 11) is 4.78. The van der Waals surface area contributed by atoms with Crippen molar-refractivity contribution < 1.29 is 19.0 Å². The zero-order valence-corrected chi connectivity index (χ0v) is 19.6. The molecule has 3 aromatic carbocycles. The Morgan fingerprint density at radius 2 is 1.41 bits per heavy atom. The molecule has 6 nitrogen and oxygen atoms in total.